The van der Waals surface area contributed by atoms with Gasteiger partial charge in [0.1, 0.15) is 5.75 Å². The number of ether oxygens (including phenoxy) is 1. The van der Waals surface area contributed by atoms with Gasteiger partial charge in [-0.05, 0) is 29.5 Å². The summed E-state index contributed by atoms with van der Waals surface area (Å²) >= 11 is 3.65. The van der Waals surface area contributed by atoms with Crippen molar-refractivity contribution in [3.05, 3.63) is 74.3 Å². The molecule has 2 aromatic rings. The highest BCUT2D eigenvalue weighted by Crippen LogP contribution is 2.53. The fourth-order valence-corrected chi connectivity index (χ4v) is 4.48. The van der Waals surface area contributed by atoms with Crippen LogP contribution in [0.1, 0.15) is 29.5 Å². The lowest BCUT2D eigenvalue weighted by molar-refractivity contribution is -0.385. The topological polar surface area (TPSA) is 64.4 Å². The van der Waals surface area contributed by atoms with Gasteiger partial charge in [0.15, 0.2) is 0 Å². The van der Waals surface area contributed by atoms with Gasteiger partial charge in [-0.3, -0.25) is 10.1 Å². The van der Waals surface area contributed by atoms with Crippen molar-refractivity contribution >= 4 is 27.3 Å². The molecule has 0 radical (unpaired) electrons. The number of nitro groups is 1. The van der Waals surface area contributed by atoms with E-state index < -0.39 is 0 Å². The Labute approximate surface area is 154 Å². The van der Waals surface area contributed by atoms with Gasteiger partial charge in [0, 0.05) is 16.5 Å². The number of benzene rings is 2. The first-order valence-corrected chi connectivity index (χ1v) is 8.93. The summed E-state index contributed by atoms with van der Waals surface area (Å²) in [5.41, 5.74) is 3.04. The number of nitrogens with one attached hydrogen (secondary N) is 1. The summed E-state index contributed by atoms with van der Waals surface area (Å²) in [5.74, 6) is 0.972. The Kier molecular flexibility index (Phi) is 4.00. The molecule has 1 N–H and O–H groups in total. The zero-order chi connectivity index (χ0) is 17.6. The summed E-state index contributed by atoms with van der Waals surface area (Å²) < 4.78 is 6.52. The summed E-state index contributed by atoms with van der Waals surface area (Å²) in [6.45, 7) is 0. The van der Waals surface area contributed by atoms with E-state index in [1.165, 1.54) is 11.6 Å². The second-order valence-electron chi connectivity index (χ2n) is 6.37. The third-order valence-corrected chi connectivity index (χ3v) is 5.81. The predicted molar refractivity (Wildman–Crippen MR) is 100 cm³/mol. The highest BCUT2D eigenvalue weighted by atomic mass is 79.9. The fourth-order valence-electron chi connectivity index (χ4n) is 3.95. The molecule has 6 heteroatoms. The molecule has 25 heavy (non-hydrogen) atoms. The molecule has 0 bridgehead atoms. The third-order valence-electron chi connectivity index (χ3n) is 5.09. The Morgan fingerprint density at radius 1 is 1.28 bits per heavy atom. The molecule has 5 nitrogen and oxygen atoms in total. The second-order valence-corrected chi connectivity index (χ2v) is 7.22. The Bertz CT molecular complexity index is 881. The van der Waals surface area contributed by atoms with Crippen molar-refractivity contribution in [2.45, 2.75) is 18.4 Å². The quantitative estimate of drug-likeness (QED) is 0.437. The molecule has 0 spiro atoms. The number of hydrogen-bond acceptors (Lipinski definition) is 4. The van der Waals surface area contributed by atoms with Gasteiger partial charge >= 0.3 is 0 Å². The van der Waals surface area contributed by atoms with Gasteiger partial charge in [-0.2, -0.15) is 0 Å². The molecule has 0 fully saturated rings. The lowest BCUT2D eigenvalue weighted by atomic mass is 9.76. The van der Waals surface area contributed by atoms with Crippen LogP contribution in [0.4, 0.5) is 11.4 Å². The van der Waals surface area contributed by atoms with E-state index in [9.17, 15) is 10.1 Å². The van der Waals surface area contributed by atoms with Crippen molar-refractivity contribution in [3.8, 4) is 5.75 Å². The Hall–Kier alpha value is -2.34. The lowest BCUT2D eigenvalue weighted by Gasteiger charge is -2.38. The Balaban J connectivity index is 1.87. The standard InChI is InChI=1S/C19H17BrN2O3/c1-25-17-10-11(22(23)24)9-15-12-6-4-7-13(12)18(21-19(15)17)14-5-2-3-8-16(14)20/h2-6,8-10,12-13,18,21H,7H2,1H3/t12-,13-,18+/m1/s1. The number of anilines is 1. The number of hydrogen-bond donors (Lipinski definition) is 1. The maximum Gasteiger partial charge on any atom is 0.273 e. The summed E-state index contributed by atoms with van der Waals surface area (Å²) in [6.07, 6.45) is 5.27. The van der Waals surface area contributed by atoms with Crippen LogP contribution in [-0.4, -0.2) is 12.0 Å². The lowest BCUT2D eigenvalue weighted by Crippen LogP contribution is -2.29. The number of halogens is 1. The van der Waals surface area contributed by atoms with Crippen LogP contribution in [0.3, 0.4) is 0 Å². The molecular formula is C19H17BrN2O3. The van der Waals surface area contributed by atoms with E-state index in [0.29, 0.717) is 11.7 Å². The zero-order valence-electron chi connectivity index (χ0n) is 13.6. The smallest absolute Gasteiger partial charge is 0.273 e. The first-order chi connectivity index (χ1) is 12.1. The van der Waals surface area contributed by atoms with E-state index in [1.807, 2.05) is 18.2 Å². The monoisotopic (exact) mass is 400 g/mol. The van der Waals surface area contributed by atoms with Crippen LogP contribution in [0.25, 0.3) is 0 Å². The van der Waals surface area contributed by atoms with E-state index in [1.54, 1.807) is 13.2 Å². The van der Waals surface area contributed by atoms with E-state index in [-0.39, 0.29) is 22.6 Å². The molecule has 3 atom stereocenters. The number of allylic oxidation sites excluding steroid dienone is 2. The maximum atomic E-state index is 11.3. The van der Waals surface area contributed by atoms with Crippen molar-refractivity contribution in [3.63, 3.8) is 0 Å². The largest absolute Gasteiger partial charge is 0.494 e. The molecule has 0 saturated heterocycles. The number of non-ortho nitro benzene ring substituents is 1. The van der Waals surface area contributed by atoms with Crippen molar-refractivity contribution < 1.29 is 9.66 Å². The fraction of sp³-hybridized carbons (Fsp3) is 0.263. The number of fused-ring (bicyclic) bond motifs is 3. The number of methoxy groups -OCH3 is 1. The molecule has 0 amide bonds. The number of rotatable bonds is 3. The van der Waals surface area contributed by atoms with Gasteiger partial charge in [0.2, 0.25) is 0 Å². The van der Waals surface area contributed by atoms with Crippen molar-refractivity contribution in [2.24, 2.45) is 5.92 Å². The SMILES string of the molecule is COc1cc([N+](=O)[O-])cc2c1N[C@H](c1ccccc1Br)[C@@H]1CC=C[C@@H]21. The van der Waals surface area contributed by atoms with Crippen LogP contribution < -0.4 is 10.1 Å². The molecule has 4 rings (SSSR count). The molecule has 2 aromatic carbocycles. The van der Waals surface area contributed by atoms with Crippen LogP contribution in [0.5, 0.6) is 5.75 Å². The van der Waals surface area contributed by atoms with E-state index in [4.69, 9.17) is 4.74 Å². The predicted octanol–water partition coefficient (Wildman–Crippen LogP) is 5.19. The first-order valence-electron chi connectivity index (χ1n) is 8.14. The molecule has 2 aliphatic rings. The van der Waals surface area contributed by atoms with Gasteiger partial charge in [-0.15, -0.1) is 0 Å². The molecule has 1 aliphatic heterocycles. The van der Waals surface area contributed by atoms with Gasteiger partial charge in [0.05, 0.1) is 29.8 Å². The van der Waals surface area contributed by atoms with Crippen molar-refractivity contribution in [2.75, 3.05) is 12.4 Å². The molecule has 1 heterocycles. The molecular weight excluding hydrogens is 384 g/mol. The molecule has 0 saturated carbocycles. The minimum Gasteiger partial charge on any atom is -0.494 e. The van der Waals surface area contributed by atoms with Gasteiger partial charge in [-0.1, -0.05) is 46.3 Å². The zero-order valence-corrected chi connectivity index (χ0v) is 15.2. The van der Waals surface area contributed by atoms with Gasteiger partial charge < -0.3 is 10.1 Å². The van der Waals surface area contributed by atoms with Gasteiger partial charge in [0.25, 0.3) is 5.69 Å². The maximum absolute atomic E-state index is 11.3. The average molecular weight is 401 g/mol. The molecule has 0 unspecified atom stereocenters. The summed E-state index contributed by atoms with van der Waals surface area (Å²) in [7, 11) is 1.55. The number of nitro benzene ring substituents is 1. The third kappa shape index (κ3) is 2.61. The van der Waals surface area contributed by atoms with Crippen molar-refractivity contribution in [1.82, 2.24) is 0 Å². The van der Waals surface area contributed by atoms with Crippen LogP contribution >= 0.6 is 15.9 Å². The normalized spacial score (nSPS) is 23.5. The van der Waals surface area contributed by atoms with Crippen molar-refractivity contribution in [1.29, 1.82) is 0 Å². The van der Waals surface area contributed by atoms with E-state index >= 15 is 0 Å². The van der Waals surface area contributed by atoms with Gasteiger partial charge in [-0.25, -0.2) is 0 Å². The van der Waals surface area contributed by atoms with E-state index in [2.05, 4.69) is 39.5 Å². The average Bonchev–Trinajstić information content (AvgIpc) is 3.10. The van der Waals surface area contributed by atoms with E-state index in [0.717, 1.165) is 22.1 Å². The second kappa shape index (κ2) is 6.19. The Morgan fingerprint density at radius 2 is 2.08 bits per heavy atom. The van der Waals surface area contributed by atoms with Crippen LogP contribution in [0.15, 0.2) is 53.0 Å². The molecule has 0 aromatic heterocycles. The first kappa shape index (κ1) is 16.1. The minimum atomic E-state index is -0.365. The highest BCUT2D eigenvalue weighted by Gasteiger charge is 2.40. The molecule has 1 aliphatic carbocycles. The van der Waals surface area contributed by atoms with Crippen LogP contribution in [0, 0.1) is 16.0 Å². The molecule has 128 valence electrons. The summed E-state index contributed by atoms with van der Waals surface area (Å²) in [5, 5.41) is 14.9. The Morgan fingerprint density at radius 3 is 2.80 bits per heavy atom. The highest BCUT2D eigenvalue weighted by molar-refractivity contribution is 9.10. The minimum absolute atomic E-state index is 0.0655. The summed E-state index contributed by atoms with van der Waals surface area (Å²) in [4.78, 5) is 10.9. The summed E-state index contributed by atoms with van der Waals surface area (Å²) in [6, 6.07) is 11.5. The van der Waals surface area contributed by atoms with Crippen LogP contribution in [0.2, 0.25) is 0 Å². The van der Waals surface area contributed by atoms with Crippen LogP contribution in [-0.2, 0) is 0 Å². The number of nitrogens with zero attached hydrogens (tertiary/aromatic N) is 1.